The zero-order valence-corrected chi connectivity index (χ0v) is 12.5. The number of methoxy groups -OCH3 is 1. The van der Waals surface area contributed by atoms with Crippen LogP contribution in [0.1, 0.15) is 25.1 Å². The largest absolute Gasteiger partial charge is 0.496 e. The predicted molar refractivity (Wildman–Crippen MR) is 80.0 cm³/mol. The van der Waals surface area contributed by atoms with E-state index in [9.17, 15) is 0 Å². The highest BCUT2D eigenvalue weighted by Gasteiger charge is 2.19. The van der Waals surface area contributed by atoms with Gasteiger partial charge in [-0.05, 0) is 45.4 Å². The summed E-state index contributed by atoms with van der Waals surface area (Å²) >= 11 is 6.39. The summed E-state index contributed by atoms with van der Waals surface area (Å²) < 4.78 is 5.44. The Labute approximate surface area is 118 Å². The van der Waals surface area contributed by atoms with E-state index >= 15 is 0 Å². The number of nitrogens with two attached hydrogens (primary N) is 1. The Morgan fingerprint density at radius 2 is 2.05 bits per heavy atom. The zero-order valence-electron chi connectivity index (χ0n) is 11.7. The smallest absolute Gasteiger partial charge is 0.122 e. The molecule has 19 heavy (non-hydrogen) atoms. The monoisotopic (exact) mass is 278 g/mol. The molecule has 2 rings (SSSR count). The molecule has 0 unspecified atom stereocenters. The van der Waals surface area contributed by atoms with E-state index in [0.29, 0.717) is 11.4 Å². The predicted octanol–water partition coefficient (Wildman–Crippen LogP) is 3.49. The highest BCUT2D eigenvalue weighted by molar-refractivity contribution is 6.35. The number of halogens is 1. The summed E-state index contributed by atoms with van der Waals surface area (Å²) in [6.07, 6.45) is 0.679. The van der Waals surface area contributed by atoms with Gasteiger partial charge in [0.25, 0.3) is 0 Å². The molecule has 0 atom stereocenters. The van der Waals surface area contributed by atoms with Gasteiger partial charge in [-0.25, -0.2) is 0 Å². The number of hydrogen-bond donors (Lipinski definition) is 1. The third kappa shape index (κ3) is 2.99. The second-order valence-electron chi connectivity index (χ2n) is 5.55. The van der Waals surface area contributed by atoms with Gasteiger partial charge < -0.3 is 10.5 Å². The van der Waals surface area contributed by atoms with E-state index in [1.807, 2.05) is 39.0 Å². The molecule has 0 aliphatic heterocycles. The molecular weight excluding hydrogens is 260 g/mol. The van der Waals surface area contributed by atoms with Gasteiger partial charge in [-0.1, -0.05) is 11.6 Å². The average molecular weight is 279 g/mol. The van der Waals surface area contributed by atoms with Crippen molar-refractivity contribution in [3.8, 4) is 5.75 Å². The van der Waals surface area contributed by atoms with E-state index in [1.54, 1.807) is 7.11 Å². The van der Waals surface area contributed by atoms with Gasteiger partial charge in [-0.2, -0.15) is 0 Å². The minimum absolute atomic E-state index is 0.338. The lowest BCUT2D eigenvalue weighted by molar-refractivity contribution is 0.403. The fourth-order valence-corrected chi connectivity index (χ4v) is 2.64. The summed E-state index contributed by atoms with van der Waals surface area (Å²) in [5.41, 5.74) is 8.61. The fourth-order valence-electron chi connectivity index (χ4n) is 2.28. The Kier molecular flexibility index (Phi) is 3.70. The third-order valence-electron chi connectivity index (χ3n) is 2.97. The van der Waals surface area contributed by atoms with Gasteiger partial charge in [0, 0.05) is 22.2 Å². The van der Waals surface area contributed by atoms with Gasteiger partial charge in [0.05, 0.1) is 17.6 Å². The van der Waals surface area contributed by atoms with E-state index in [2.05, 4.69) is 4.98 Å². The first-order valence-corrected chi connectivity index (χ1v) is 6.61. The van der Waals surface area contributed by atoms with E-state index in [4.69, 9.17) is 22.1 Å². The van der Waals surface area contributed by atoms with Gasteiger partial charge in [0.15, 0.2) is 0 Å². The summed E-state index contributed by atoms with van der Waals surface area (Å²) in [5, 5.41) is 1.63. The molecule has 4 heteroatoms. The third-order valence-corrected chi connectivity index (χ3v) is 3.27. The molecule has 0 bridgehead atoms. The number of ether oxygens (including phenoxy) is 1. The van der Waals surface area contributed by atoms with Crippen LogP contribution in [-0.4, -0.2) is 17.6 Å². The summed E-state index contributed by atoms with van der Waals surface area (Å²) in [7, 11) is 1.66. The van der Waals surface area contributed by atoms with Crippen LogP contribution < -0.4 is 10.5 Å². The molecule has 1 aromatic carbocycles. The van der Waals surface area contributed by atoms with Crippen molar-refractivity contribution < 1.29 is 4.74 Å². The number of aromatic nitrogens is 1. The molecular formula is C15H19ClN2O. The zero-order chi connectivity index (χ0) is 14.2. The maximum Gasteiger partial charge on any atom is 0.122 e. The van der Waals surface area contributed by atoms with Crippen LogP contribution in [0, 0.1) is 6.92 Å². The molecule has 0 saturated carbocycles. The van der Waals surface area contributed by atoms with E-state index in [-0.39, 0.29) is 5.54 Å². The Bertz CT molecular complexity index is 618. The SMILES string of the molecule is COc1ccc2nc(C)cc(Cl)c2c1CC(C)(C)N. The molecule has 1 heterocycles. The standard InChI is InChI=1S/C15H19ClN2O/c1-9-7-11(16)14-10(8-15(2,3)17)13(19-4)6-5-12(14)18-9/h5-7H,8,17H2,1-4H3. The molecule has 0 aliphatic rings. The van der Waals surface area contributed by atoms with Crippen LogP contribution in [0.5, 0.6) is 5.75 Å². The lowest BCUT2D eigenvalue weighted by Gasteiger charge is -2.22. The molecule has 2 N–H and O–H groups in total. The van der Waals surface area contributed by atoms with E-state index < -0.39 is 0 Å². The fraction of sp³-hybridized carbons (Fsp3) is 0.400. The van der Waals surface area contributed by atoms with Crippen LogP contribution in [0.3, 0.4) is 0 Å². The first-order chi connectivity index (χ1) is 8.81. The first-order valence-electron chi connectivity index (χ1n) is 6.23. The van der Waals surface area contributed by atoms with Crippen LogP contribution in [0.15, 0.2) is 18.2 Å². The van der Waals surface area contributed by atoms with Gasteiger partial charge in [0.2, 0.25) is 0 Å². The van der Waals surface area contributed by atoms with Crippen molar-refractivity contribution in [3.05, 3.63) is 34.5 Å². The van der Waals surface area contributed by atoms with Crippen molar-refractivity contribution in [2.75, 3.05) is 7.11 Å². The highest BCUT2D eigenvalue weighted by atomic mass is 35.5. The number of hydrogen-bond acceptors (Lipinski definition) is 3. The topological polar surface area (TPSA) is 48.1 Å². The van der Waals surface area contributed by atoms with Gasteiger partial charge in [-0.15, -0.1) is 0 Å². The van der Waals surface area contributed by atoms with Crippen molar-refractivity contribution in [2.45, 2.75) is 32.7 Å². The number of aryl methyl sites for hydroxylation is 1. The average Bonchev–Trinajstić information content (AvgIpc) is 2.26. The highest BCUT2D eigenvalue weighted by Crippen LogP contribution is 2.34. The Morgan fingerprint density at radius 3 is 2.63 bits per heavy atom. The number of fused-ring (bicyclic) bond motifs is 1. The molecule has 102 valence electrons. The number of nitrogens with zero attached hydrogens (tertiary/aromatic N) is 1. The molecule has 0 aliphatic carbocycles. The van der Waals surface area contributed by atoms with E-state index in [1.165, 1.54) is 0 Å². The molecule has 0 amide bonds. The van der Waals surface area contributed by atoms with Crippen molar-refractivity contribution in [1.29, 1.82) is 0 Å². The minimum atomic E-state index is -0.338. The lowest BCUT2D eigenvalue weighted by atomic mass is 9.92. The van der Waals surface area contributed by atoms with Crippen LogP contribution in [0.25, 0.3) is 10.9 Å². The normalized spacial score (nSPS) is 11.9. The second-order valence-corrected chi connectivity index (χ2v) is 5.96. The first kappa shape index (κ1) is 14.1. The lowest BCUT2D eigenvalue weighted by Crippen LogP contribution is -2.34. The van der Waals surface area contributed by atoms with Gasteiger partial charge in [-0.3, -0.25) is 4.98 Å². The summed E-state index contributed by atoms with van der Waals surface area (Å²) in [6, 6.07) is 5.72. The molecule has 0 saturated heterocycles. The van der Waals surface area contributed by atoms with Gasteiger partial charge in [0.1, 0.15) is 5.75 Å². The van der Waals surface area contributed by atoms with Crippen molar-refractivity contribution in [3.63, 3.8) is 0 Å². The van der Waals surface area contributed by atoms with Crippen LogP contribution in [0.4, 0.5) is 0 Å². The quantitative estimate of drug-likeness (QED) is 0.935. The summed E-state index contributed by atoms with van der Waals surface area (Å²) in [6.45, 7) is 5.91. The molecule has 0 fully saturated rings. The Hall–Kier alpha value is -1.32. The van der Waals surface area contributed by atoms with E-state index in [0.717, 1.165) is 27.9 Å². The minimum Gasteiger partial charge on any atom is -0.496 e. The van der Waals surface area contributed by atoms with Crippen molar-refractivity contribution in [2.24, 2.45) is 5.73 Å². The molecule has 2 aromatic rings. The Balaban J connectivity index is 2.76. The van der Waals surface area contributed by atoms with Crippen LogP contribution >= 0.6 is 11.6 Å². The summed E-state index contributed by atoms with van der Waals surface area (Å²) in [4.78, 5) is 4.52. The number of benzene rings is 1. The summed E-state index contributed by atoms with van der Waals surface area (Å²) in [5.74, 6) is 0.804. The van der Waals surface area contributed by atoms with Crippen LogP contribution in [0.2, 0.25) is 5.02 Å². The van der Waals surface area contributed by atoms with Crippen LogP contribution in [-0.2, 0) is 6.42 Å². The number of rotatable bonds is 3. The maximum atomic E-state index is 6.39. The molecule has 3 nitrogen and oxygen atoms in total. The number of pyridine rings is 1. The second kappa shape index (κ2) is 4.99. The molecule has 0 spiro atoms. The maximum absolute atomic E-state index is 6.39. The van der Waals surface area contributed by atoms with Crippen molar-refractivity contribution >= 4 is 22.5 Å². The molecule has 1 aromatic heterocycles. The molecule has 0 radical (unpaired) electrons. The van der Waals surface area contributed by atoms with Gasteiger partial charge >= 0.3 is 0 Å². The Morgan fingerprint density at radius 1 is 1.37 bits per heavy atom. The van der Waals surface area contributed by atoms with Crippen molar-refractivity contribution in [1.82, 2.24) is 4.98 Å².